The van der Waals surface area contributed by atoms with Crippen molar-refractivity contribution in [2.45, 2.75) is 97.8 Å². The number of anilines is 2. The Morgan fingerprint density at radius 1 is 0.457 bits per heavy atom. The molecule has 0 bridgehead atoms. The summed E-state index contributed by atoms with van der Waals surface area (Å²) < 4.78 is 9.58. The zero-order valence-corrected chi connectivity index (χ0v) is 42.8. The van der Waals surface area contributed by atoms with E-state index in [1.807, 2.05) is 6.20 Å². The molecule has 70 heavy (non-hydrogen) atoms. The van der Waals surface area contributed by atoms with Gasteiger partial charge in [0.2, 0.25) is 0 Å². The van der Waals surface area contributed by atoms with Gasteiger partial charge in [-0.1, -0.05) is 191 Å². The topological polar surface area (TPSA) is 33.5 Å². The summed E-state index contributed by atoms with van der Waals surface area (Å²) in [7, 11) is 0. The number of rotatable bonds is 9. The number of hydrogen-bond acceptors (Lipinski definition) is 4. The van der Waals surface area contributed by atoms with E-state index in [1.165, 1.54) is 44.3 Å². The van der Waals surface area contributed by atoms with E-state index in [1.54, 1.807) is 0 Å². The van der Waals surface area contributed by atoms with Gasteiger partial charge in [0.1, 0.15) is 17.3 Å². The monoisotopic (exact) mass is 919 g/mol. The molecule has 0 saturated carbocycles. The molecule has 7 aromatic carbocycles. The number of para-hydroxylation sites is 1. The lowest BCUT2D eigenvalue weighted by molar-refractivity contribution is 0.480. The van der Waals surface area contributed by atoms with Crippen LogP contribution in [0.2, 0.25) is 0 Å². The van der Waals surface area contributed by atoms with Gasteiger partial charge in [0.05, 0.1) is 23.4 Å². The van der Waals surface area contributed by atoms with Crippen LogP contribution in [0, 0.1) is 0 Å². The molecule has 2 aromatic heterocycles. The molecule has 9 aromatic rings. The number of hydrogen-bond donors (Lipinski definition) is 0. The minimum absolute atomic E-state index is 0.0383. The maximum atomic E-state index is 7.26. The second-order valence-corrected chi connectivity index (χ2v) is 22.7. The molecule has 0 fully saturated rings. The molecule has 5 heteroatoms. The number of aromatic nitrogens is 2. The van der Waals surface area contributed by atoms with Gasteiger partial charge in [0.15, 0.2) is 0 Å². The van der Waals surface area contributed by atoms with Crippen molar-refractivity contribution in [3.63, 3.8) is 0 Å². The first kappa shape index (κ1) is 46.4. The third kappa shape index (κ3) is 8.90. The standard InChI is InChI=1S/C65H66N4O/c1-62(2,3)48-31-32-66-60(38-48)69-57-30-22-21-29-55(57)61-56(64(7,8)9)40-54(41-58(61)69)70-53-34-46(44-23-15-12-16-24-44)33-52(39-53)68-43-67(42-59(68)45-25-17-13-18-26-45)51-36-49(63(4,5)6)35-50(37-51)65(10,11)47-27-19-14-20-28-47/h12-42H,43H2,1-11H3. The summed E-state index contributed by atoms with van der Waals surface area (Å²) in [6.45, 7) is 25.9. The third-order valence-electron chi connectivity index (χ3n) is 14.2. The molecule has 352 valence electrons. The average molecular weight is 919 g/mol. The molecule has 5 nitrogen and oxygen atoms in total. The van der Waals surface area contributed by atoms with E-state index >= 15 is 0 Å². The minimum Gasteiger partial charge on any atom is -0.457 e. The van der Waals surface area contributed by atoms with E-state index in [0.717, 1.165) is 56.4 Å². The highest BCUT2D eigenvalue weighted by Crippen LogP contribution is 2.45. The maximum absolute atomic E-state index is 7.26. The van der Waals surface area contributed by atoms with Gasteiger partial charge in [-0.2, -0.15) is 0 Å². The van der Waals surface area contributed by atoms with E-state index < -0.39 is 0 Å². The number of benzene rings is 7. The zero-order valence-electron chi connectivity index (χ0n) is 42.8. The Morgan fingerprint density at radius 2 is 1.07 bits per heavy atom. The molecule has 0 atom stereocenters. The SMILES string of the molecule is CC(C)(C)c1cc(N2C=C(c3ccccc3)N(c3cc(Oc4cc(C(C)(C)C)c5c6ccccc6n(-c6cc(C(C)(C)C)ccn6)c5c4)cc(-c4ccccc4)c3)C2)cc(C(C)(C)c2ccccc2)c1. The number of pyridine rings is 1. The summed E-state index contributed by atoms with van der Waals surface area (Å²) in [4.78, 5) is 9.88. The summed E-state index contributed by atoms with van der Waals surface area (Å²) in [5, 5.41) is 2.42. The second-order valence-electron chi connectivity index (χ2n) is 22.7. The Labute approximate surface area is 415 Å². The number of fused-ring (bicyclic) bond motifs is 3. The first-order valence-corrected chi connectivity index (χ1v) is 24.8. The number of nitrogens with zero attached hydrogens (tertiary/aromatic N) is 4. The lowest BCUT2D eigenvalue weighted by Gasteiger charge is -2.31. The Balaban J connectivity index is 1.13. The van der Waals surface area contributed by atoms with Gasteiger partial charge >= 0.3 is 0 Å². The lowest BCUT2D eigenvalue weighted by atomic mass is 9.75. The summed E-state index contributed by atoms with van der Waals surface area (Å²) in [6.07, 6.45) is 4.28. The Kier molecular flexibility index (Phi) is 11.6. The van der Waals surface area contributed by atoms with E-state index in [9.17, 15) is 0 Å². The van der Waals surface area contributed by atoms with Crippen LogP contribution in [-0.2, 0) is 21.7 Å². The Morgan fingerprint density at radius 3 is 1.74 bits per heavy atom. The van der Waals surface area contributed by atoms with Gasteiger partial charge in [0.25, 0.3) is 0 Å². The zero-order chi connectivity index (χ0) is 49.2. The quantitative estimate of drug-likeness (QED) is 0.144. The molecule has 0 N–H and O–H groups in total. The fourth-order valence-electron chi connectivity index (χ4n) is 10.0. The van der Waals surface area contributed by atoms with Crippen LogP contribution in [-0.4, -0.2) is 16.2 Å². The van der Waals surface area contributed by atoms with Crippen molar-refractivity contribution in [1.29, 1.82) is 0 Å². The molecule has 0 saturated heterocycles. The molecule has 3 heterocycles. The Bertz CT molecular complexity index is 3400. The van der Waals surface area contributed by atoms with Crippen LogP contribution >= 0.6 is 0 Å². The summed E-state index contributed by atoms with van der Waals surface area (Å²) in [5.74, 6) is 2.43. The smallest absolute Gasteiger partial charge is 0.137 e. The maximum Gasteiger partial charge on any atom is 0.137 e. The molecule has 10 rings (SSSR count). The predicted octanol–water partition coefficient (Wildman–Crippen LogP) is 17.1. The highest BCUT2D eigenvalue weighted by atomic mass is 16.5. The van der Waals surface area contributed by atoms with Crippen molar-refractivity contribution in [3.8, 4) is 28.4 Å². The normalized spacial score (nSPS) is 13.6. The van der Waals surface area contributed by atoms with E-state index in [4.69, 9.17) is 9.72 Å². The van der Waals surface area contributed by atoms with Crippen LogP contribution in [0.15, 0.2) is 188 Å². The molecule has 1 aliphatic rings. The van der Waals surface area contributed by atoms with Crippen LogP contribution in [0.5, 0.6) is 11.5 Å². The van der Waals surface area contributed by atoms with Gasteiger partial charge in [-0.25, -0.2) is 4.98 Å². The van der Waals surface area contributed by atoms with Crippen LogP contribution in [0.4, 0.5) is 11.4 Å². The van der Waals surface area contributed by atoms with Crippen LogP contribution in [0.25, 0.3) is 44.4 Å². The van der Waals surface area contributed by atoms with Gasteiger partial charge in [0, 0.05) is 52.1 Å². The molecule has 1 aliphatic heterocycles. The average Bonchev–Trinajstić information content (AvgIpc) is 3.94. The van der Waals surface area contributed by atoms with Crippen molar-refractivity contribution in [1.82, 2.24) is 9.55 Å². The Hall–Kier alpha value is -7.37. The molecule has 0 amide bonds. The molecule has 0 aliphatic carbocycles. The minimum atomic E-state index is -0.212. The van der Waals surface area contributed by atoms with Gasteiger partial charge in [-0.15, -0.1) is 0 Å². The second kappa shape index (κ2) is 17.5. The van der Waals surface area contributed by atoms with Gasteiger partial charge in [-0.3, -0.25) is 4.57 Å². The van der Waals surface area contributed by atoms with E-state index in [0.29, 0.717) is 6.67 Å². The molecule has 0 unspecified atom stereocenters. The van der Waals surface area contributed by atoms with E-state index in [-0.39, 0.29) is 21.7 Å². The third-order valence-corrected chi connectivity index (χ3v) is 14.2. The highest BCUT2D eigenvalue weighted by molar-refractivity contribution is 6.11. The van der Waals surface area contributed by atoms with Crippen molar-refractivity contribution in [3.05, 3.63) is 222 Å². The van der Waals surface area contributed by atoms with Gasteiger partial charge in [-0.05, 0) is 109 Å². The predicted molar refractivity (Wildman–Crippen MR) is 296 cm³/mol. The fraction of sp³-hybridized carbons (Fsp3) is 0.246. The molecule has 0 spiro atoms. The molecular weight excluding hydrogens is 853 g/mol. The fourth-order valence-corrected chi connectivity index (χ4v) is 10.0. The van der Waals surface area contributed by atoms with Crippen LogP contribution < -0.4 is 14.5 Å². The number of ether oxygens (including phenoxy) is 1. The van der Waals surface area contributed by atoms with Crippen molar-refractivity contribution in [2.75, 3.05) is 16.5 Å². The van der Waals surface area contributed by atoms with Crippen molar-refractivity contribution in [2.24, 2.45) is 0 Å². The highest BCUT2D eigenvalue weighted by Gasteiger charge is 2.31. The summed E-state index contributed by atoms with van der Waals surface area (Å²) in [5.41, 5.74) is 14.7. The van der Waals surface area contributed by atoms with Gasteiger partial charge < -0.3 is 14.5 Å². The first-order chi connectivity index (χ1) is 33.3. The largest absolute Gasteiger partial charge is 0.457 e. The van der Waals surface area contributed by atoms with Crippen LogP contribution in [0.1, 0.15) is 110 Å². The lowest BCUT2D eigenvalue weighted by Crippen LogP contribution is -2.27. The summed E-state index contributed by atoms with van der Waals surface area (Å²) >= 11 is 0. The van der Waals surface area contributed by atoms with Crippen LogP contribution in [0.3, 0.4) is 0 Å². The first-order valence-electron chi connectivity index (χ1n) is 24.8. The summed E-state index contributed by atoms with van der Waals surface area (Å²) in [6, 6.07) is 63.8. The van der Waals surface area contributed by atoms with E-state index in [2.05, 4.69) is 273 Å². The van der Waals surface area contributed by atoms with Crippen molar-refractivity contribution >= 4 is 38.9 Å². The van der Waals surface area contributed by atoms with Crippen molar-refractivity contribution < 1.29 is 4.74 Å². The molecular formula is C65H66N4O. The molecule has 0 radical (unpaired) electrons.